The summed E-state index contributed by atoms with van der Waals surface area (Å²) in [5.41, 5.74) is 0.714. The van der Waals surface area contributed by atoms with Crippen LogP contribution in [0.15, 0.2) is 47.9 Å². The first kappa shape index (κ1) is 17.1. The molecule has 1 aliphatic carbocycles. The molecule has 1 aromatic carbocycles. The first-order valence-electron chi connectivity index (χ1n) is 8.18. The van der Waals surface area contributed by atoms with E-state index in [1.807, 2.05) is 32.0 Å². The Hall–Kier alpha value is -1.70. The predicted molar refractivity (Wildman–Crippen MR) is 90.9 cm³/mol. The average Bonchev–Trinajstić information content (AvgIpc) is 3.26. The molecule has 130 valence electrons. The van der Waals surface area contributed by atoms with E-state index in [0.717, 1.165) is 12.8 Å². The van der Waals surface area contributed by atoms with E-state index in [0.29, 0.717) is 5.56 Å². The van der Waals surface area contributed by atoms with Crippen LogP contribution in [0.4, 0.5) is 0 Å². The molecule has 7 heteroatoms. The topological polar surface area (TPSA) is 75.4 Å². The molecule has 1 atom stereocenters. The van der Waals surface area contributed by atoms with Crippen LogP contribution in [0.2, 0.25) is 0 Å². The van der Waals surface area contributed by atoms with Gasteiger partial charge in [-0.3, -0.25) is 0 Å². The number of rotatable bonds is 7. The second-order valence-electron chi connectivity index (χ2n) is 6.49. The molecular formula is C17H23N3O3S. The molecule has 1 N–H and O–H groups in total. The number of hydrogen-bond donors (Lipinski definition) is 1. The van der Waals surface area contributed by atoms with E-state index in [1.165, 1.54) is 10.6 Å². The SMILES string of the molecule is CC(C)n1cnc(S(=O)(=O)N(C[C@H](O)c2ccccc2)C2CC2)c1. The lowest BCUT2D eigenvalue weighted by Crippen LogP contribution is -2.36. The Morgan fingerprint density at radius 1 is 1.29 bits per heavy atom. The summed E-state index contributed by atoms with van der Waals surface area (Å²) in [4.78, 5) is 4.07. The summed E-state index contributed by atoms with van der Waals surface area (Å²) < 4.78 is 29.1. The lowest BCUT2D eigenvalue weighted by Gasteiger charge is -2.23. The zero-order valence-electron chi connectivity index (χ0n) is 13.9. The van der Waals surface area contributed by atoms with Crippen LogP contribution in [-0.2, 0) is 10.0 Å². The highest BCUT2D eigenvalue weighted by Crippen LogP contribution is 2.33. The lowest BCUT2D eigenvalue weighted by molar-refractivity contribution is 0.145. The van der Waals surface area contributed by atoms with Crippen molar-refractivity contribution >= 4 is 10.0 Å². The minimum absolute atomic E-state index is 0.0439. The molecule has 0 radical (unpaired) electrons. The highest BCUT2D eigenvalue weighted by Gasteiger charge is 2.40. The molecule has 0 unspecified atom stereocenters. The monoisotopic (exact) mass is 349 g/mol. The van der Waals surface area contributed by atoms with E-state index in [1.54, 1.807) is 22.9 Å². The molecule has 1 aromatic heterocycles. The largest absolute Gasteiger partial charge is 0.387 e. The minimum atomic E-state index is -3.71. The Bertz CT molecular complexity index is 782. The van der Waals surface area contributed by atoms with Crippen molar-refractivity contribution in [3.05, 3.63) is 48.4 Å². The first-order chi connectivity index (χ1) is 11.4. The average molecular weight is 349 g/mol. The zero-order chi connectivity index (χ0) is 17.3. The fourth-order valence-corrected chi connectivity index (χ4v) is 4.23. The molecule has 0 bridgehead atoms. The van der Waals surface area contributed by atoms with E-state index in [9.17, 15) is 13.5 Å². The van der Waals surface area contributed by atoms with Gasteiger partial charge in [-0.05, 0) is 32.3 Å². The maximum atomic E-state index is 13.0. The van der Waals surface area contributed by atoms with E-state index in [2.05, 4.69) is 4.98 Å². The van der Waals surface area contributed by atoms with Gasteiger partial charge in [0.15, 0.2) is 5.03 Å². The van der Waals surface area contributed by atoms with Crippen LogP contribution < -0.4 is 0 Å². The summed E-state index contributed by atoms with van der Waals surface area (Å²) >= 11 is 0. The zero-order valence-corrected chi connectivity index (χ0v) is 14.7. The van der Waals surface area contributed by atoms with E-state index < -0.39 is 16.1 Å². The highest BCUT2D eigenvalue weighted by atomic mass is 32.2. The van der Waals surface area contributed by atoms with Crippen LogP contribution in [0.25, 0.3) is 0 Å². The summed E-state index contributed by atoms with van der Waals surface area (Å²) in [6.45, 7) is 3.98. The van der Waals surface area contributed by atoms with Gasteiger partial charge in [-0.25, -0.2) is 13.4 Å². The summed E-state index contributed by atoms with van der Waals surface area (Å²) in [6, 6.07) is 9.23. The molecule has 0 spiro atoms. The van der Waals surface area contributed by atoms with E-state index in [4.69, 9.17) is 0 Å². The summed E-state index contributed by atoms with van der Waals surface area (Å²) in [5, 5.41) is 10.5. The number of aliphatic hydroxyl groups is 1. The van der Waals surface area contributed by atoms with Crippen molar-refractivity contribution in [3.63, 3.8) is 0 Å². The molecule has 0 aliphatic heterocycles. The lowest BCUT2D eigenvalue weighted by atomic mass is 10.1. The molecule has 3 rings (SSSR count). The maximum Gasteiger partial charge on any atom is 0.262 e. The van der Waals surface area contributed by atoms with Crippen molar-refractivity contribution in [1.82, 2.24) is 13.9 Å². The van der Waals surface area contributed by atoms with Crippen molar-refractivity contribution in [1.29, 1.82) is 0 Å². The van der Waals surface area contributed by atoms with Gasteiger partial charge < -0.3 is 9.67 Å². The molecule has 24 heavy (non-hydrogen) atoms. The normalized spacial score (nSPS) is 16.7. The second-order valence-corrected chi connectivity index (χ2v) is 8.32. The van der Waals surface area contributed by atoms with Gasteiger partial charge in [0.2, 0.25) is 0 Å². The van der Waals surface area contributed by atoms with Gasteiger partial charge in [0, 0.05) is 24.8 Å². The predicted octanol–water partition coefficient (Wildman–Crippen LogP) is 2.35. The van der Waals surface area contributed by atoms with Crippen molar-refractivity contribution in [3.8, 4) is 0 Å². The molecule has 1 aliphatic rings. The molecule has 1 heterocycles. The van der Waals surface area contributed by atoms with Crippen LogP contribution in [-0.4, -0.2) is 40.0 Å². The van der Waals surface area contributed by atoms with Crippen LogP contribution in [0.3, 0.4) is 0 Å². The summed E-state index contributed by atoms with van der Waals surface area (Å²) in [7, 11) is -3.71. The Labute approximate surface area is 142 Å². The number of imidazole rings is 1. The van der Waals surface area contributed by atoms with Crippen LogP contribution in [0, 0.1) is 0 Å². The molecule has 6 nitrogen and oxygen atoms in total. The smallest absolute Gasteiger partial charge is 0.262 e. The van der Waals surface area contributed by atoms with Crippen molar-refractivity contribution in [2.75, 3.05) is 6.54 Å². The summed E-state index contributed by atoms with van der Waals surface area (Å²) in [6.07, 6.45) is 3.89. The fraction of sp³-hybridized carbons (Fsp3) is 0.471. The number of benzene rings is 1. The number of sulfonamides is 1. The van der Waals surface area contributed by atoms with Crippen LogP contribution in [0.1, 0.15) is 44.4 Å². The van der Waals surface area contributed by atoms with E-state index >= 15 is 0 Å². The van der Waals surface area contributed by atoms with E-state index in [-0.39, 0.29) is 23.7 Å². The number of nitrogens with zero attached hydrogens (tertiary/aromatic N) is 3. The van der Waals surface area contributed by atoms with Gasteiger partial charge in [0.1, 0.15) is 0 Å². The molecule has 0 amide bonds. The summed E-state index contributed by atoms with van der Waals surface area (Å²) in [5.74, 6) is 0. The van der Waals surface area contributed by atoms with Gasteiger partial charge in [-0.2, -0.15) is 4.31 Å². The Balaban J connectivity index is 1.84. The molecule has 2 aromatic rings. The fourth-order valence-electron chi connectivity index (χ4n) is 2.61. The highest BCUT2D eigenvalue weighted by molar-refractivity contribution is 7.89. The maximum absolute atomic E-state index is 13.0. The Morgan fingerprint density at radius 2 is 1.96 bits per heavy atom. The van der Waals surface area contributed by atoms with Crippen molar-refractivity contribution < 1.29 is 13.5 Å². The first-order valence-corrected chi connectivity index (χ1v) is 9.62. The minimum Gasteiger partial charge on any atom is -0.387 e. The third-order valence-corrected chi connectivity index (χ3v) is 6.04. The second kappa shape index (κ2) is 6.66. The molecule has 1 saturated carbocycles. The molecular weight excluding hydrogens is 326 g/mol. The standard InChI is InChI=1S/C17H23N3O3S/c1-13(2)19-11-17(18-12-19)24(22,23)20(15-8-9-15)10-16(21)14-6-4-3-5-7-14/h3-7,11-13,15-16,21H,8-10H2,1-2H3/t16-/m0/s1. The van der Waals surface area contributed by atoms with Crippen molar-refractivity contribution in [2.45, 2.75) is 49.9 Å². The van der Waals surface area contributed by atoms with Gasteiger partial charge in [0.25, 0.3) is 10.0 Å². The van der Waals surface area contributed by atoms with Gasteiger partial charge in [-0.1, -0.05) is 30.3 Å². The Kier molecular flexibility index (Phi) is 4.76. The molecule has 0 saturated heterocycles. The Morgan fingerprint density at radius 3 is 2.50 bits per heavy atom. The third kappa shape index (κ3) is 3.53. The molecule has 1 fully saturated rings. The van der Waals surface area contributed by atoms with Gasteiger partial charge in [-0.15, -0.1) is 0 Å². The van der Waals surface area contributed by atoms with Crippen LogP contribution in [0.5, 0.6) is 0 Å². The van der Waals surface area contributed by atoms with Gasteiger partial charge >= 0.3 is 0 Å². The quantitative estimate of drug-likeness (QED) is 0.832. The van der Waals surface area contributed by atoms with Crippen LogP contribution >= 0.6 is 0 Å². The third-order valence-electron chi connectivity index (χ3n) is 4.24. The van der Waals surface area contributed by atoms with Gasteiger partial charge in [0.05, 0.1) is 12.4 Å². The number of hydrogen-bond acceptors (Lipinski definition) is 4. The number of aromatic nitrogens is 2. The van der Waals surface area contributed by atoms with Crippen molar-refractivity contribution in [2.24, 2.45) is 0 Å². The number of aliphatic hydroxyl groups excluding tert-OH is 1.